The number of hydrogen-bond donors (Lipinski definition) is 1. The molecule has 0 heterocycles. The Morgan fingerprint density at radius 1 is 0.857 bits per heavy atom. The third kappa shape index (κ3) is 9.24. The fraction of sp³-hybridized carbons (Fsp3) is 0.286. The second kappa shape index (κ2) is 12.6. The van der Waals surface area contributed by atoms with Crippen LogP contribution in [0.4, 0.5) is 4.79 Å². The second-order valence-electron chi connectivity index (χ2n) is 9.04. The standard InChI is InChI=1S/C28H30INO5/c1-28(2,3)35-26(31)24(30-27(32)34-19-21-12-8-5-9-13-21)17-22-14-15-25(23(29)16-22)33-18-20-10-6-4-7-11-20/h4-16,24H,17-19H2,1-3H3,(H,30,32)/t24-/m0/s1. The van der Waals surface area contributed by atoms with Crippen molar-refractivity contribution in [3.05, 3.63) is 99.1 Å². The molecule has 0 aliphatic rings. The van der Waals surface area contributed by atoms with Crippen LogP contribution in [-0.4, -0.2) is 23.7 Å². The van der Waals surface area contributed by atoms with E-state index in [9.17, 15) is 9.59 Å². The topological polar surface area (TPSA) is 73.9 Å². The third-order valence-corrected chi connectivity index (χ3v) is 5.71. The van der Waals surface area contributed by atoms with E-state index in [4.69, 9.17) is 14.2 Å². The van der Waals surface area contributed by atoms with Gasteiger partial charge in [0.2, 0.25) is 0 Å². The fourth-order valence-electron chi connectivity index (χ4n) is 3.23. The van der Waals surface area contributed by atoms with E-state index in [0.29, 0.717) is 6.61 Å². The highest BCUT2D eigenvalue weighted by atomic mass is 127. The Balaban J connectivity index is 1.65. The summed E-state index contributed by atoms with van der Waals surface area (Å²) in [6.07, 6.45) is -0.424. The van der Waals surface area contributed by atoms with Gasteiger partial charge in [0, 0.05) is 6.42 Å². The number of hydrogen-bond acceptors (Lipinski definition) is 5. The second-order valence-corrected chi connectivity index (χ2v) is 10.2. The number of amides is 1. The number of halogens is 1. The van der Waals surface area contributed by atoms with Crippen molar-refractivity contribution in [2.45, 2.75) is 52.0 Å². The molecule has 0 fully saturated rings. The van der Waals surface area contributed by atoms with Gasteiger partial charge in [0.1, 0.15) is 30.6 Å². The molecular weight excluding hydrogens is 557 g/mol. The summed E-state index contributed by atoms with van der Waals surface area (Å²) in [6.45, 7) is 5.94. The molecule has 35 heavy (non-hydrogen) atoms. The van der Waals surface area contributed by atoms with E-state index >= 15 is 0 Å². The molecule has 0 aromatic heterocycles. The Labute approximate surface area is 220 Å². The van der Waals surface area contributed by atoms with Gasteiger partial charge in [-0.3, -0.25) is 0 Å². The number of benzene rings is 3. The molecule has 3 aromatic carbocycles. The van der Waals surface area contributed by atoms with Gasteiger partial charge in [-0.2, -0.15) is 0 Å². The zero-order valence-electron chi connectivity index (χ0n) is 20.1. The highest BCUT2D eigenvalue weighted by Gasteiger charge is 2.27. The van der Waals surface area contributed by atoms with Crippen LogP contribution in [0.15, 0.2) is 78.9 Å². The lowest BCUT2D eigenvalue weighted by molar-refractivity contribution is -0.157. The number of carbonyl (C=O) groups excluding carboxylic acids is 2. The molecule has 0 saturated heterocycles. The minimum Gasteiger partial charge on any atom is -0.488 e. The molecule has 0 bridgehead atoms. The van der Waals surface area contributed by atoms with Crippen molar-refractivity contribution in [2.75, 3.05) is 0 Å². The number of carbonyl (C=O) groups is 2. The van der Waals surface area contributed by atoms with Gasteiger partial charge >= 0.3 is 12.1 Å². The fourth-order valence-corrected chi connectivity index (χ4v) is 3.97. The van der Waals surface area contributed by atoms with Gasteiger partial charge in [-0.25, -0.2) is 9.59 Å². The van der Waals surface area contributed by atoms with E-state index in [2.05, 4.69) is 27.9 Å². The minimum absolute atomic E-state index is 0.110. The highest BCUT2D eigenvalue weighted by Crippen LogP contribution is 2.24. The van der Waals surface area contributed by atoms with Gasteiger partial charge in [-0.1, -0.05) is 66.7 Å². The van der Waals surface area contributed by atoms with Gasteiger partial charge in [-0.05, 0) is 72.2 Å². The molecule has 184 valence electrons. The maximum absolute atomic E-state index is 12.9. The third-order valence-electron chi connectivity index (χ3n) is 4.87. The zero-order valence-corrected chi connectivity index (χ0v) is 22.3. The summed E-state index contributed by atoms with van der Waals surface area (Å²) < 4.78 is 17.7. The first-order valence-electron chi connectivity index (χ1n) is 11.3. The smallest absolute Gasteiger partial charge is 0.408 e. The normalized spacial score (nSPS) is 11.9. The highest BCUT2D eigenvalue weighted by molar-refractivity contribution is 14.1. The maximum Gasteiger partial charge on any atom is 0.408 e. The number of rotatable bonds is 9. The van der Waals surface area contributed by atoms with Crippen LogP contribution in [0.5, 0.6) is 5.75 Å². The largest absolute Gasteiger partial charge is 0.488 e. The Bertz CT molecular complexity index is 1110. The van der Waals surface area contributed by atoms with E-state index in [1.54, 1.807) is 20.8 Å². The van der Waals surface area contributed by atoms with Crippen molar-refractivity contribution in [1.29, 1.82) is 0 Å². The molecule has 3 aromatic rings. The van der Waals surface area contributed by atoms with Crippen molar-refractivity contribution < 1.29 is 23.8 Å². The Morgan fingerprint density at radius 2 is 1.46 bits per heavy atom. The molecule has 0 unspecified atom stereocenters. The number of esters is 1. The van der Waals surface area contributed by atoms with Crippen molar-refractivity contribution in [3.63, 3.8) is 0 Å². The lowest BCUT2D eigenvalue weighted by Crippen LogP contribution is -2.45. The predicted molar refractivity (Wildman–Crippen MR) is 143 cm³/mol. The molecule has 0 radical (unpaired) electrons. The predicted octanol–water partition coefficient (Wildman–Crippen LogP) is 6.05. The summed E-state index contributed by atoms with van der Waals surface area (Å²) in [5.74, 6) is 0.232. The van der Waals surface area contributed by atoms with E-state index in [-0.39, 0.29) is 13.0 Å². The number of alkyl carbamates (subject to hydrolysis) is 1. The van der Waals surface area contributed by atoms with Crippen molar-refractivity contribution in [1.82, 2.24) is 5.32 Å². The molecule has 7 heteroatoms. The van der Waals surface area contributed by atoms with Crippen molar-refractivity contribution in [2.24, 2.45) is 0 Å². The Morgan fingerprint density at radius 3 is 2.03 bits per heavy atom. The maximum atomic E-state index is 12.9. The van der Waals surface area contributed by atoms with Crippen LogP contribution < -0.4 is 10.1 Å². The molecule has 1 N–H and O–H groups in total. The van der Waals surface area contributed by atoms with Gasteiger partial charge in [0.15, 0.2) is 0 Å². The van der Waals surface area contributed by atoms with E-state index < -0.39 is 23.7 Å². The first-order valence-corrected chi connectivity index (χ1v) is 12.4. The Kier molecular flexibility index (Phi) is 9.54. The summed E-state index contributed by atoms with van der Waals surface area (Å²) in [5.41, 5.74) is 2.11. The molecule has 6 nitrogen and oxygen atoms in total. The summed E-state index contributed by atoms with van der Waals surface area (Å²) >= 11 is 2.21. The molecule has 1 atom stereocenters. The number of ether oxygens (including phenoxy) is 3. The van der Waals surface area contributed by atoms with Gasteiger partial charge in [-0.15, -0.1) is 0 Å². The van der Waals surface area contributed by atoms with Crippen molar-refractivity contribution in [3.8, 4) is 5.75 Å². The zero-order chi connectivity index (χ0) is 25.3. The molecule has 0 saturated carbocycles. The molecule has 1 amide bonds. The molecule has 0 aliphatic heterocycles. The first kappa shape index (κ1) is 26.5. The van der Waals surface area contributed by atoms with Gasteiger partial charge < -0.3 is 19.5 Å². The molecule has 0 aliphatic carbocycles. The van der Waals surface area contributed by atoms with E-state index in [1.807, 2.05) is 78.9 Å². The van der Waals surface area contributed by atoms with Crippen LogP contribution in [0, 0.1) is 3.57 Å². The molecule has 3 rings (SSSR count). The van der Waals surface area contributed by atoms with E-state index in [0.717, 1.165) is 26.0 Å². The van der Waals surface area contributed by atoms with Crippen LogP contribution in [0.25, 0.3) is 0 Å². The average Bonchev–Trinajstić information content (AvgIpc) is 2.82. The quantitative estimate of drug-likeness (QED) is 0.244. The number of nitrogens with one attached hydrogen (secondary N) is 1. The lowest BCUT2D eigenvalue weighted by atomic mass is 10.1. The van der Waals surface area contributed by atoms with E-state index in [1.165, 1.54) is 0 Å². The van der Waals surface area contributed by atoms with Crippen LogP contribution in [0.1, 0.15) is 37.5 Å². The summed E-state index contributed by atoms with van der Waals surface area (Å²) in [4.78, 5) is 25.3. The SMILES string of the molecule is CC(C)(C)OC(=O)[C@H](Cc1ccc(OCc2ccccc2)c(I)c1)NC(=O)OCc1ccccc1. The van der Waals surface area contributed by atoms with Crippen LogP contribution in [0.3, 0.4) is 0 Å². The average molecular weight is 587 g/mol. The van der Waals surface area contributed by atoms with Gasteiger partial charge in [0.25, 0.3) is 0 Å². The lowest BCUT2D eigenvalue weighted by Gasteiger charge is -2.24. The first-order chi connectivity index (χ1) is 16.7. The van der Waals surface area contributed by atoms with Gasteiger partial charge in [0.05, 0.1) is 3.57 Å². The van der Waals surface area contributed by atoms with Crippen LogP contribution >= 0.6 is 22.6 Å². The Hall–Kier alpha value is -3.07. The van der Waals surface area contributed by atoms with Crippen molar-refractivity contribution >= 4 is 34.7 Å². The summed E-state index contributed by atoms with van der Waals surface area (Å²) in [7, 11) is 0. The van der Waals surface area contributed by atoms with Crippen LogP contribution in [0.2, 0.25) is 0 Å². The van der Waals surface area contributed by atoms with Crippen LogP contribution in [-0.2, 0) is 33.9 Å². The monoisotopic (exact) mass is 587 g/mol. The summed E-state index contributed by atoms with van der Waals surface area (Å²) in [5, 5.41) is 2.67. The minimum atomic E-state index is -0.899. The summed E-state index contributed by atoms with van der Waals surface area (Å²) in [6, 6.07) is 24.1. The molecular formula is C28H30INO5. The molecule has 0 spiro atoms.